The number of urea groups is 1. The Morgan fingerprint density at radius 1 is 1.14 bits per heavy atom. The van der Waals surface area contributed by atoms with Gasteiger partial charge in [0, 0.05) is 36.9 Å². The Labute approximate surface area is 219 Å². The Kier molecular flexibility index (Phi) is 7.93. The second-order valence-electron chi connectivity index (χ2n) is 8.27. The third kappa shape index (κ3) is 5.82. The number of carbonyl (C=O) groups is 2. The molecule has 8 nitrogen and oxygen atoms in total. The molecule has 0 bridgehead atoms. The Morgan fingerprint density at radius 2 is 1.81 bits per heavy atom. The average molecular weight is 559 g/mol. The number of benzene rings is 2. The SMILES string of the molecule is CN1C(=O)N(CCCO)C(=O)C2C(C(O)c3ccc(Cl)cc3)=C(Oc3cccc(OC(F)(F)F)c3)SC21. The molecule has 2 N–H and O–H groups in total. The van der Waals surface area contributed by atoms with E-state index in [1.54, 1.807) is 24.3 Å². The van der Waals surface area contributed by atoms with Gasteiger partial charge >= 0.3 is 12.4 Å². The van der Waals surface area contributed by atoms with E-state index < -0.39 is 41.4 Å². The number of amides is 3. The zero-order valence-corrected chi connectivity index (χ0v) is 20.9. The molecule has 2 aromatic rings. The molecule has 4 rings (SSSR count). The molecule has 0 aliphatic carbocycles. The minimum Gasteiger partial charge on any atom is -0.450 e. The molecule has 3 amide bonds. The molecule has 0 radical (unpaired) electrons. The molecule has 37 heavy (non-hydrogen) atoms. The zero-order valence-electron chi connectivity index (χ0n) is 19.3. The van der Waals surface area contributed by atoms with Gasteiger partial charge in [-0.2, -0.15) is 0 Å². The fourth-order valence-electron chi connectivity index (χ4n) is 4.11. The van der Waals surface area contributed by atoms with Gasteiger partial charge in [0.15, 0.2) is 5.09 Å². The maximum Gasteiger partial charge on any atom is 0.573 e. The van der Waals surface area contributed by atoms with Crippen LogP contribution in [0.2, 0.25) is 5.02 Å². The molecule has 2 heterocycles. The van der Waals surface area contributed by atoms with Crippen LogP contribution in [0.3, 0.4) is 0 Å². The van der Waals surface area contributed by atoms with E-state index in [0.29, 0.717) is 10.6 Å². The summed E-state index contributed by atoms with van der Waals surface area (Å²) in [6.45, 7) is -0.256. The monoisotopic (exact) mass is 558 g/mol. The summed E-state index contributed by atoms with van der Waals surface area (Å²) in [5, 5.41) is 20.3. The molecule has 2 aliphatic rings. The summed E-state index contributed by atoms with van der Waals surface area (Å²) in [6, 6.07) is 10.5. The fourth-order valence-corrected chi connectivity index (χ4v) is 5.62. The highest BCUT2D eigenvalue weighted by molar-refractivity contribution is 8.03. The van der Waals surface area contributed by atoms with Gasteiger partial charge in [-0.25, -0.2) is 4.79 Å². The van der Waals surface area contributed by atoms with Crippen LogP contribution in [0.4, 0.5) is 18.0 Å². The molecule has 0 aromatic heterocycles. The molecule has 0 spiro atoms. The summed E-state index contributed by atoms with van der Waals surface area (Å²) in [6.07, 6.45) is -6.09. The number of fused-ring (bicyclic) bond motifs is 1. The van der Waals surface area contributed by atoms with Gasteiger partial charge in [0.25, 0.3) is 0 Å². The van der Waals surface area contributed by atoms with E-state index in [4.69, 9.17) is 16.3 Å². The number of rotatable bonds is 8. The lowest BCUT2D eigenvalue weighted by Crippen LogP contribution is -2.59. The standard InChI is InChI=1S/C24H22ClF3N2O6S/c1-29-21-18(20(33)30(23(29)34)10-3-11-31)17(19(32)13-6-8-14(25)9-7-13)22(37-21)35-15-4-2-5-16(12-15)36-24(26,27)28/h2,4-9,12,18-19,21,31-32H,3,10-11H2,1H3. The van der Waals surface area contributed by atoms with E-state index in [-0.39, 0.29) is 36.0 Å². The first-order valence-corrected chi connectivity index (χ1v) is 12.3. The topological polar surface area (TPSA) is 99.5 Å². The Morgan fingerprint density at radius 3 is 2.46 bits per heavy atom. The van der Waals surface area contributed by atoms with Crippen molar-refractivity contribution in [1.29, 1.82) is 0 Å². The smallest absolute Gasteiger partial charge is 0.450 e. The van der Waals surface area contributed by atoms with Crippen molar-refractivity contribution in [3.63, 3.8) is 0 Å². The molecule has 3 atom stereocenters. The van der Waals surface area contributed by atoms with Gasteiger partial charge in [0.05, 0.1) is 5.92 Å². The largest absolute Gasteiger partial charge is 0.573 e. The van der Waals surface area contributed by atoms with Gasteiger partial charge in [0.1, 0.15) is 23.0 Å². The van der Waals surface area contributed by atoms with Crippen LogP contribution in [0.1, 0.15) is 18.1 Å². The molecule has 3 unspecified atom stereocenters. The average Bonchev–Trinajstić information content (AvgIpc) is 3.21. The number of hydrogen-bond donors (Lipinski definition) is 2. The Hall–Kier alpha value is -2.93. The molecule has 198 valence electrons. The number of nitrogens with zero attached hydrogens (tertiary/aromatic N) is 2. The lowest BCUT2D eigenvalue weighted by atomic mass is 9.88. The minimum absolute atomic E-state index is 0.0241. The highest BCUT2D eigenvalue weighted by Crippen LogP contribution is 2.51. The predicted molar refractivity (Wildman–Crippen MR) is 129 cm³/mol. The summed E-state index contributed by atoms with van der Waals surface area (Å²) in [4.78, 5) is 28.7. The molecule has 13 heteroatoms. The van der Waals surface area contributed by atoms with Crippen LogP contribution in [0, 0.1) is 5.92 Å². The molecule has 2 aliphatic heterocycles. The van der Waals surface area contributed by atoms with Crippen molar-refractivity contribution in [2.75, 3.05) is 20.2 Å². The van der Waals surface area contributed by atoms with Crippen LogP contribution >= 0.6 is 23.4 Å². The van der Waals surface area contributed by atoms with Crippen molar-refractivity contribution in [3.05, 3.63) is 69.8 Å². The van der Waals surface area contributed by atoms with Crippen molar-refractivity contribution in [2.45, 2.75) is 24.3 Å². The van der Waals surface area contributed by atoms with Gasteiger partial charge in [-0.15, -0.1) is 13.2 Å². The zero-order chi connectivity index (χ0) is 26.9. The quantitative estimate of drug-likeness (QED) is 0.491. The van der Waals surface area contributed by atoms with Crippen molar-refractivity contribution in [2.24, 2.45) is 5.92 Å². The number of carbonyl (C=O) groups excluding carboxylic acids is 2. The summed E-state index contributed by atoms with van der Waals surface area (Å²) in [7, 11) is 1.50. The predicted octanol–water partition coefficient (Wildman–Crippen LogP) is 4.53. The minimum atomic E-state index is -4.90. The first-order chi connectivity index (χ1) is 17.5. The molecular weight excluding hydrogens is 537 g/mol. The molecule has 1 fully saturated rings. The van der Waals surface area contributed by atoms with Crippen LogP contribution in [0.5, 0.6) is 11.5 Å². The maximum absolute atomic E-state index is 13.5. The fraction of sp³-hybridized carbons (Fsp3) is 0.333. The van der Waals surface area contributed by atoms with E-state index in [2.05, 4.69) is 4.74 Å². The highest BCUT2D eigenvalue weighted by atomic mass is 35.5. The molecule has 2 aromatic carbocycles. The number of ether oxygens (including phenoxy) is 2. The Bertz CT molecular complexity index is 1210. The summed E-state index contributed by atoms with van der Waals surface area (Å²) < 4.78 is 48.0. The van der Waals surface area contributed by atoms with Crippen molar-refractivity contribution < 1.29 is 42.4 Å². The van der Waals surface area contributed by atoms with E-state index >= 15 is 0 Å². The van der Waals surface area contributed by atoms with E-state index in [0.717, 1.165) is 28.8 Å². The lowest BCUT2D eigenvalue weighted by molar-refractivity contribution is -0.274. The number of thioether (sulfide) groups is 1. The van der Waals surface area contributed by atoms with Crippen LogP contribution < -0.4 is 9.47 Å². The second kappa shape index (κ2) is 10.8. The maximum atomic E-state index is 13.5. The number of aliphatic hydroxyl groups excluding tert-OH is 2. The van der Waals surface area contributed by atoms with E-state index in [1.165, 1.54) is 24.1 Å². The normalized spacial score (nSPS) is 20.8. The summed E-state index contributed by atoms with van der Waals surface area (Å²) in [5.41, 5.74) is 0.544. The first-order valence-electron chi connectivity index (χ1n) is 11.1. The molecule has 1 saturated heterocycles. The van der Waals surface area contributed by atoms with E-state index in [1.807, 2.05) is 0 Å². The number of halogens is 4. The van der Waals surface area contributed by atoms with Gasteiger partial charge in [0.2, 0.25) is 5.91 Å². The van der Waals surface area contributed by atoms with Crippen LogP contribution in [0.25, 0.3) is 0 Å². The number of alkyl halides is 3. The Balaban J connectivity index is 1.75. The van der Waals surface area contributed by atoms with Crippen molar-refractivity contribution in [3.8, 4) is 11.5 Å². The van der Waals surface area contributed by atoms with Crippen LogP contribution in [-0.2, 0) is 4.79 Å². The van der Waals surface area contributed by atoms with Gasteiger partial charge in [-0.05, 0) is 36.2 Å². The van der Waals surface area contributed by atoms with E-state index in [9.17, 15) is 33.0 Å². The number of aliphatic hydroxyl groups is 2. The van der Waals surface area contributed by atoms with Crippen molar-refractivity contribution >= 4 is 35.3 Å². The van der Waals surface area contributed by atoms with Gasteiger partial charge < -0.3 is 24.6 Å². The van der Waals surface area contributed by atoms with Gasteiger partial charge in [-0.3, -0.25) is 9.69 Å². The molecule has 0 saturated carbocycles. The number of hydrogen-bond acceptors (Lipinski definition) is 7. The summed E-state index contributed by atoms with van der Waals surface area (Å²) in [5.74, 6) is -2.13. The first kappa shape index (κ1) is 27.1. The van der Waals surface area contributed by atoms with Crippen LogP contribution in [-0.4, -0.2) is 63.9 Å². The second-order valence-corrected chi connectivity index (χ2v) is 9.79. The highest BCUT2D eigenvalue weighted by Gasteiger charge is 2.53. The number of imide groups is 1. The van der Waals surface area contributed by atoms with Crippen molar-refractivity contribution in [1.82, 2.24) is 9.80 Å². The lowest BCUT2D eigenvalue weighted by Gasteiger charge is -2.40. The third-order valence-electron chi connectivity index (χ3n) is 5.80. The van der Waals surface area contributed by atoms with Crippen LogP contribution in [0.15, 0.2) is 59.2 Å². The molecular formula is C24H22ClF3N2O6S. The third-order valence-corrected chi connectivity index (χ3v) is 7.41. The van der Waals surface area contributed by atoms with Gasteiger partial charge in [-0.1, -0.05) is 41.6 Å². The summed E-state index contributed by atoms with van der Waals surface area (Å²) >= 11 is 6.97.